The van der Waals surface area contributed by atoms with Crippen molar-refractivity contribution in [3.63, 3.8) is 0 Å². The summed E-state index contributed by atoms with van der Waals surface area (Å²) in [5.41, 5.74) is 0. The molecule has 0 amide bonds. The molecule has 254 valence electrons. The Morgan fingerprint density at radius 3 is 1.21 bits per heavy atom. The zero-order valence-electron chi connectivity index (χ0n) is 29.9. The molecular formula is C41H79NO. The zero-order chi connectivity index (χ0) is 31.2. The van der Waals surface area contributed by atoms with Gasteiger partial charge in [-0.2, -0.15) is 0 Å². The summed E-state index contributed by atoms with van der Waals surface area (Å²) in [6, 6.07) is 0. The Balaban J connectivity index is 3.22. The van der Waals surface area contributed by atoms with Gasteiger partial charge in [0.25, 0.3) is 0 Å². The summed E-state index contributed by atoms with van der Waals surface area (Å²) < 4.78 is 5.90. The highest BCUT2D eigenvalue weighted by atomic mass is 16.5. The number of hydrogen-bond donors (Lipinski definition) is 0. The quantitative estimate of drug-likeness (QED) is 0.0523. The standard InChI is InChI=1S/C41H79NO/c1-4-6-8-10-12-14-16-18-20-22-23-24-26-28-30-32-34-36-38-42(3)39-41-43-40-37-35-33-31-29-27-25-21-19-17-15-13-11-9-7-5-2/h12-15,19,21H,4-11,16-18,20,22-41H2,1-3H3/b14-12-,15-13-,21-19-. The third kappa shape index (κ3) is 39.1. The molecule has 0 aromatic heterocycles. The normalized spacial score (nSPS) is 12.3. The van der Waals surface area contributed by atoms with Crippen molar-refractivity contribution in [1.29, 1.82) is 0 Å². The van der Waals surface area contributed by atoms with Crippen molar-refractivity contribution in [3.8, 4) is 0 Å². The molecule has 0 aliphatic heterocycles. The van der Waals surface area contributed by atoms with Gasteiger partial charge in [-0.1, -0.05) is 159 Å². The van der Waals surface area contributed by atoms with Crippen molar-refractivity contribution in [1.82, 2.24) is 4.90 Å². The van der Waals surface area contributed by atoms with Crippen molar-refractivity contribution in [3.05, 3.63) is 36.5 Å². The van der Waals surface area contributed by atoms with Crippen LogP contribution in [0.15, 0.2) is 36.5 Å². The molecule has 2 nitrogen and oxygen atoms in total. The van der Waals surface area contributed by atoms with Gasteiger partial charge in [0.2, 0.25) is 0 Å². The molecule has 43 heavy (non-hydrogen) atoms. The molecule has 0 bridgehead atoms. The third-order valence-corrected chi connectivity index (χ3v) is 8.66. The first-order valence-corrected chi connectivity index (χ1v) is 19.5. The van der Waals surface area contributed by atoms with Crippen LogP contribution in [-0.4, -0.2) is 38.3 Å². The van der Waals surface area contributed by atoms with Gasteiger partial charge in [-0.05, 0) is 84.2 Å². The predicted octanol–water partition coefficient (Wildman–Crippen LogP) is 13.6. The Kier molecular flexibility index (Phi) is 38.4. The molecular weight excluding hydrogens is 522 g/mol. The maximum absolute atomic E-state index is 5.90. The molecule has 0 rings (SSSR count). The number of hydrogen-bond acceptors (Lipinski definition) is 2. The third-order valence-electron chi connectivity index (χ3n) is 8.66. The molecule has 0 aliphatic carbocycles. The van der Waals surface area contributed by atoms with Gasteiger partial charge in [-0.25, -0.2) is 0 Å². The first kappa shape index (κ1) is 42.1. The summed E-state index contributed by atoms with van der Waals surface area (Å²) in [6.45, 7) is 8.69. The van der Waals surface area contributed by atoms with E-state index in [1.165, 1.54) is 180 Å². The van der Waals surface area contributed by atoms with E-state index in [-0.39, 0.29) is 0 Å². The predicted molar refractivity (Wildman–Crippen MR) is 196 cm³/mol. The molecule has 0 saturated heterocycles. The second-order valence-corrected chi connectivity index (χ2v) is 13.1. The van der Waals surface area contributed by atoms with E-state index < -0.39 is 0 Å². The summed E-state index contributed by atoms with van der Waals surface area (Å²) in [5.74, 6) is 0. The monoisotopic (exact) mass is 602 g/mol. The number of allylic oxidation sites excluding steroid dienone is 6. The molecule has 0 fully saturated rings. The SMILES string of the molecule is CCCCC/C=C\C/C=C\CCCCCCCCOCCN(C)CCCCCCCCCCCCC/C=C\CCCCC. The number of nitrogens with zero attached hydrogens (tertiary/aromatic N) is 1. The molecule has 0 aromatic rings. The van der Waals surface area contributed by atoms with Gasteiger partial charge in [0.05, 0.1) is 6.61 Å². The molecule has 0 spiro atoms. The van der Waals surface area contributed by atoms with E-state index >= 15 is 0 Å². The minimum Gasteiger partial charge on any atom is -0.380 e. The fourth-order valence-corrected chi connectivity index (χ4v) is 5.61. The van der Waals surface area contributed by atoms with E-state index in [0.717, 1.165) is 26.2 Å². The Bertz CT molecular complexity index is 580. The number of unbranched alkanes of at least 4 members (excludes halogenated alkanes) is 23. The smallest absolute Gasteiger partial charge is 0.0593 e. The van der Waals surface area contributed by atoms with Gasteiger partial charge in [-0.3, -0.25) is 0 Å². The highest BCUT2D eigenvalue weighted by Gasteiger charge is 1.99. The molecule has 2 heteroatoms. The van der Waals surface area contributed by atoms with E-state index in [0.29, 0.717) is 0 Å². The van der Waals surface area contributed by atoms with Crippen molar-refractivity contribution >= 4 is 0 Å². The molecule has 0 radical (unpaired) electrons. The number of likely N-dealkylation sites (N-methyl/N-ethyl adjacent to an activating group) is 1. The second-order valence-electron chi connectivity index (χ2n) is 13.1. The van der Waals surface area contributed by atoms with E-state index in [1.54, 1.807) is 0 Å². The Morgan fingerprint density at radius 2 is 0.744 bits per heavy atom. The maximum Gasteiger partial charge on any atom is 0.0593 e. The van der Waals surface area contributed by atoms with Crippen LogP contribution in [0.25, 0.3) is 0 Å². The average molecular weight is 602 g/mol. The lowest BCUT2D eigenvalue weighted by Gasteiger charge is -2.16. The van der Waals surface area contributed by atoms with Gasteiger partial charge in [0.15, 0.2) is 0 Å². The van der Waals surface area contributed by atoms with E-state index in [4.69, 9.17) is 4.74 Å². The van der Waals surface area contributed by atoms with Crippen molar-refractivity contribution in [2.45, 2.75) is 194 Å². The highest BCUT2D eigenvalue weighted by molar-refractivity contribution is 4.92. The van der Waals surface area contributed by atoms with Crippen LogP contribution in [0.2, 0.25) is 0 Å². The average Bonchev–Trinajstić information content (AvgIpc) is 3.01. The summed E-state index contributed by atoms with van der Waals surface area (Å²) in [4.78, 5) is 2.46. The van der Waals surface area contributed by atoms with Gasteiger partial charge >= 0.3 is 0 Å². The summed E-state index contributed by atoms with van der Waals surface area (Å²) >= 11 is 0. The molecule has 0 N–H and O–H groups in total. The molecule has 0 unspecified atom stereocenters. The molecule has 0 atom stereocenters. The fraction of sp³-hybridized carbons (Fsp3) is 0.854. The lowest BCUT2D eigenvalue weighted by atomic mass is 10.0. The van der Waals surface area contributed by atoms with Crippen LogP contribution in [0, 0.1) is 0 Å². The maximum atomic E-state index is 5.90. The molecule has 0 aliphatic rings. The lowest BCUT2D eigenvalue weighted by molar-refractivity contribution is 0.107. The van der Waals surface area contributed by atoms with Crippen molar-refractivity contribution < 1.29 is 4.74 Å². The zero-order valence-corrected chi connectivity index (χ0v) is 29.9. The van der Waals surface area contributed by atoms with Crippen molar-refractivity contribution in [2.24, 2.45) is 0 Å². The minimum atomic E-state index is 0.895. The Morgan fingerprint density at radius 1 is 0.372 bits per heavy atom. The largest absolute Gasteiger partial charge is 0.380 e. The van der Waals surface area contributed by atoms with Crippen LogP contribution >= 0.6 is 0 Å². The summed E-state index contributed by atoms with van der Waals surface area (Å²) in [7, 11) is 2.26. The number of rotatable bonds is 36. The number of ether oxygens (including phenoxy) is 1. The van der Waals surface area contributed by atoms with Gasteiger partial charge in [-0.15, -0.1) is 0 Å². The summed E-state index contributed by atoms with van der Waals surface area (Å²) in [5, 5.41) is 0. The van der Waals surface area contributed by atoms with Crippen LogP contribution in [0.3, 0.4) is 0 Å². The van der Waals surface area contributed by atoms with E-state index in [9.17, 15) is 0 Å². The highest BCUT2D eigenvalue weighted by Crippen LogP contribution is 2.13. The van der Waals surface area contributed by atoms with E-state index in [2.05, 4.69) is 62.3 Å². The van der Waals surface area contributed by atoms with Crippen molar-refractivity contribution in [2.75, 3.05) is 33.4 Å². The fourth-order valence-electron chi connectivity index (χ4n) is 5.61. The van der Waals surface area contributed by atoms with Gasteiger partial charge in [0, 0.05) is 13.2 Å². The minimum absolute atomic E-state index is 0.895. The molecule has 0 heterocycles. The van der Waals surface area contributed by atoms with Crippen LogP contribution in [0.1, 0.15) is 194 Å². The van der Waals surface area contributed by atoms with Crippen LogP contribution in [-0.2, 0) is 4.74 Å². The van der Waals surface area contributed by atoms with Crippen LogP contribution in [0.5, 0.6) is 0 Å². The molecule has 0 aromatic carbocycles. The van der Waals surface area contributed by atoms with Crippen LogP contribution < -0.4 is 0 Å². The van der Waals surface area contributed by atoms with Gasteiger partial charge in [0.1, 0.15) is 0 Å². The second kappa shape index (κ2) is 39.2. The lowest BCUT2D eigenvalue weighted by Crippen LogP contribution is -2.24. The Hall–Kier alpha value is -0.860. The topological polar surface area (TPSA) is 12.5 Å². The Labute approximate surface area is 272 Å². The van der Waals surface area contributed by atoms with E-state index in [1.807, 2.05) is 0 Å². The van der Waals surface area contributed by atoms with Gasteiger partial charge < -0.3 is 9.64 Å². The summed E-state index contributed by atoms with van der Waals surface area (Å²) in [6.07, 6.45) is 52.2. The first-order chi connectivity index (χ1) is 21.3. The van der Waals surface area contributed by atoms with Crippen LogP contribution in [0.4, 0.5) is 0 Å². The molecule has 0 saturated carbocycles. The first-order valence-electron chi connectivity index (χ1n) is 19.5.